The second kappa shape index (κ2) is 6.89. The van der Waals surface area contributed by atoms with E-state index in [1.165, 1.54) is 5.69 Å². The van der Waals surface area contributed by atoms with Crippen LogP contribution >= 0.6 is 0 Å². The number of rotatable bonds is 5. The fourth-order valence-corrected chi connectivity index (χ4v) is 3.66. The number of likely N-dealkylation sites (tertiary alicyclic amines) is 1. The zero-order valence-corrected chi connectivity index (χ0v) is 14.4. The van der Waals surface area contributed by atoms with Crippen molar-refractivity contribution in [2.45, 2.75) is 45.2 Å². The fourth-order valence-electron chi connectivity index (χ4n) is 3.66. The van der Waals surface area contributed by atoms with Crippen molar-refractivity contribution in [3.8, 4) is 0 Å². The van der Waals surface area contributed by atoms with Crippen LogP contribution in [0.25, 0.3) is 0 Å². The summed E-state index contributed by atoms with van der Waals surface area (Å²) in [5.74, 6) is 1.66. The van der Waals surface area contributed by atoms with E-state index in [9.17, 15) is 5.11 Å². The van der Waals surface area contributed by atoms with Gasteiger partial charge in [0.15, 0.2) is 0 Å². The lowest BCUT2D eigenvalue weighted by Crippen LogP contribution is -2.34. The van der Waals surface area contributed by atoms with Crippen LogP contribution in [0.15, 0.2) is 24.5 Å². The summed E-state index contributed by atoms with van der Waals surface area (Å²) in [5, 5.41) is 9.51. The maximum atomic E-state index is 9.51. The molecule has 5 nitrogen and oxygen atoms in total. The minimum atomic E-state index is 0.105. The Hall–Kier alpha value is -1.59. The maximum Gasteiger partial charge on any atom is 0.112 e. The van der Waals surface area contributed by atoms with Gasteiger partial charge in [0.2, 0.25) is 0 Å². The molecule has 23 heavy (non-hydrogen) atoms. The molecule has 0 aromatic carbocycles. The summed E-state index contributed by atoms with van der Waals surface area (Å²) in [5.41, 5.74) is 2.52. The summed E-state index contributed by atoms with van der Waals surface area (Å²) in [4.78, 5) is 7.18. The average Bonchev–Trinajstić information content (AvgIpc) is 3.14. The van der Waals surface area contributed by atoms with Gasteiger partial charge in [-0.05, 0) is 51.9 Å². The quantitative estimate of drug-likeness (QED) is 0.922. The van der Waals surface area contributed by atoms with Crippen molar-refractivity contribution in [2.75, 3.05) is 19.7 Å². The van der Waals surface area contributed by atoms with Crippen LogP contribution in [-0.2, 0) is 13.6 Å². The van der Waals surface area contributed by atoms with Gasteiger partial charge in [0.25, 0.3) is 0 Å². The Kier molecular flexibility index (Phi) is 4.87. The van der Waals surface area contributed by atoms with Crippen LogP contribution in [0.2, 0.25) is 0 Å². The molecule has 1 fully saturated rings. The molecular formula is C18H28N4O. The second-order valence-corrected chi connectivity index (χ2v) is 6.82. The molecule has 0 radical (unpaired) electrons. The molecule has 1 atom stereocenters. The first-order chi connectivity index (χ1) is 11.1. The summed E-state index contributed by atoms with van der Waals surface area (Å²) in [6, 6.07) is 4.41. The van der Waals surface area contributed by atoms with Crippen LogP contribution in [0.3, 0.4) is 0 Å². The molecule has 0 unspecified atom stereocenters. The van der Waals surface area contributed by atoms with E-state index in [-0.39, 0.29) is 12.6 Å². The molecule has 1 aliphatic heterocycles. The molecule has 0 bridgehead atoms. The Balaban J connectivity index is 1.64. The van der Waals surface area contributed by atoms with E-state index < -0.39 is 0 Å². The van der Waals surface area contributed by atoms with Gasteiger partial charge in [0.1, 0.15) is 5.82 Å². The molecule has 1 N–H and O–H groups in total. The zero-order chi connectivity index (χ0) is 16.4. The molecule has 0 spiro atoms. The van der Waals surface area contributed by atoms with E-state index in [1.807, 2.05) is 6.20 Å². The molecule has 0 aliphatic carbocycles. The first-order valence-electron chi connectivity index (χ1n) is 8.57. The van der Waals surface area contributed by atoms with Gasteiger partial charge < -0.3 is 14.2 Å². The molecule has 2 aromatic rings. The van der Waals surface area contributed by atoms with Gasteiger partial charge in [0, 0.05) is 43.3 Å². The molecule has 2 aromatic heterocycles. The molecule has 126 valence electrons. The summed E-state index contributed by atoms with van der Waals surface area (Å²) in [7, 11) is 2.11. The van der Waals surface area contributed by atoms with Crippen LogP contribution in [0, 0.1) is 6.92 Å². The van der Waals surface area contributed by atoms with Crippen molar-refractivity contribution in [1.29, 1.82) is 0 Å². The van der Waals surface area contributed by atoms with E-state index in [1.54, 1.807) is 0 Å². The molecule has 3 rings (SSSR count). The third kappa shape index (κ3) is 3.35. The normalized spacial score (nSPS) is 18.4. The van der Waals surface area contributed by atoms with Crippen LogP contribution in [0.5, 0.6) is 0 Å². The summed E-state index contributed by atoms with van der Waals surface area (Å²) < 4.78 is 4.42. The fraction of sp³-hybridized carbons (Fsp3) is 0.611. The number of aryl methyl sites for hydroxylation is 2. The lowest BCUT2D eigenvalue weighted by atomic mass is 9.95. The Morgan fingerprint density at radius 1 is 1.35 bits per heavy atom. The van der Waals surface area contributed by atoms with E-state index in [2.05, 4.69) is 58.2 Å². The third-order valence-electron chi connectivity index (χ3n) is 5.11. The van der Waals surface area contributed by atoms with Gasteiger partial charge in [0.05, 0.1) is 12.6 Å². The van der Waals surface area contributed by atoms with Gasteiger partial charge in [-0.15, -0.1) is 0 Å². The summed E-state index contributed by atoms with van der Waals surface area (Å²) in [6.07, 6.45) is 6.33. The standard InChI is InChI=1S/C18H28N4O/c1-14-11-19-18(22(14)15(2)13-23)16-6-9-21(10-7-16)12-17-5-4-8-20(17)3/h4-5,8,11,15-16,23H,6-7,9-10,12-13H2,1-3H3/t15-/m1/s1. The Morgan fingerprint density at radius 2 is 2.09 bits per heavy atom. The van der Waals surface area contributed by atoms with E-state index >= 15 is 0 Å². The van der Waals surface area contributed by atoms with Crippen molar-refractivity contribution in [1.82, 2.24) is 19.0 Å². The molecule has 1 saturated heterocycles. The second-order valence-electron chi connectivity index (χ2n) is 6.82. The molecule has 5 heteroatoms. The van der Waals surface area contributed by atoms with Crippen molar-refractivity contribution in [3.63, 3.8) is 0 Å². The van der Waals surface area contributed by atoms with Crippen LogP contribution in [-0.4, -0.2) is 43.8 Å². The predicted molar refractivity (Wildman–Crippen MR) is 91.4 cm³/mol. The van der Waals surface area contributed by atoms with E-state index in [0.29, 0.717) is 5.92 Å². The highest BCUT2D eigenvalue weighted by Gasteiger charge is 2.26. The van der Waals surface area contributed by atoms with Crippen molar-refractivity contribution >= 4 is 0 Å². The van der Waals surface area contributed by atoms with Crippen LogP contribution < -0.4 is 0 Å². The third-order valence-corrected chi connectivity index (χ3v) is 5.11. The van der Waals surface area contributed by atoms with Crippen molar-refractivity contribution in [2.24, 2.45) is 7.05 Å². The molecular weight excluding hydrogens is 288 g/mol. The van der Waals surface area contributed by atoms with Gasteiger partial charge >= 0.3 is 0 Å². The van der Waals surface area contributed by atoms with Crippen molar-refractivity contribution < 1.29 is 5.11 Å². The number of hydrogen-bond acceptors (Lipinski definition) is 3. The Morgan fingerprint density at radius 3 is 2.70 bits per heavy atom. The number of piperidine rings is 1. The van der Waals surface area contributed by atoms with Crippen LogP contribution in [0.1, 0.15) is 48.9 Å². The van der Waals surface area contributed by atoms with Crippen LogP contribution in [0.4, 0.5) is 0 Å². The monoisotopic (exact) mass is 316 g/mol. The molecule has 1 aliphatic rings. The Bertz CT molecular complexity index is 637. The SMILES string of the molecule is Cc1cnc(C2CCN(Cc3cccn3C)CC2)n1[C@H](C)CO. The number of aliphatic hydroxyl groups is 1. The van der Waals surface area contributed by atoms with Crippen molar-refractivity contribution in [3.05, 3.63) is 41.7 Å². The Labute approximate surface area is 138 Å². The number of aliphatic hydroxyl groups excluding tert-OH is 1. The highest BCUT2D eigenvalue weighted by Crippen LogP contribution is 2.30. The molecule has 0 saturated carbocycles. The maximum absolute atomic E-state index is 9.51. The predicted octanol–water partition coefficient (Wildman–Crippen LogP) is 2.46. The first-order valence-corrected chi connectivity index (χ1v) is 8.57. The minimum absolute atomic E-state index is 0.105. The lowest BCUT2D eigenvalue weighted by molar-refractivity contribution is 0.191. The van der Waals surface area contributed by atoms with Gasteiger partial charge in [-0.3, -0.25) is 4.90 Å². The highest BCUT2D eigenvalue weighted by molar-refractivity contribution is 5.11. The summed E-state index contributed by atoms with van der Waals surface area (Å²) in [6.45, 7) is 7.54. The van der Waals surface area contributed by atoms with E-state index in [0.717, 1.165) is 44.0 Å². The number of imidazole rings is 1. The molecule has 3 heterocycles. The lowest BCUT2D eigenvalue weighted by Gasteiger charge is -2.32. The van der Waals surface area contributed by atoms with Gasteiger partial charge in [-0.25, -0.2) is 4.98 Å². The zero-order valence-electron chi connectivity index (χ0n) is 14.4. The largest absolute Gasteiger partial charge is 0.394 e. The topological polar surface area (TPSA) is 46.2 Å². The molecule has 0 amide bonds. The average molecular weight is 316 g/mol. The minimum Gasteiger partial charge on any atom is -0.394 e. The number of hydrogen-bond donors (Lipinski definition) is 1. The number of aromatic nitrogens is 3. The smallest absolute Gasteiger partial charge is 0.112 e. The van der Waals surface area contributed by atoms with Gasteiger partial charge in [-0.1, -0.05) is 0 Å². The van der Waals surface area contributed by atoms with Gasteiger partial charge in [-0.2, -0.15) is 0 Å². The first kappa shape index (κ1) is 16.3. The number of nitrogens with zero attached hydrogens (tertiary/aromatic N) is 4. The highest BCUT2D eigenvalue weighted by atomic mass is 16.3. The summed E-state index contributed by atoms with van der Waals surface area (Å²) >= 11 is 0. The van der Waals surface area contributed by atoms with E-state index in [4.69, 9.17) is 0 Å².